The minimum atomic E-state index is 0.137. The molecular formula is C10H11ClN2O2. The topological polar surface area (TPSA) is 46.8 Å². The average Bonchev–Trinajstić information content (AvgIpc) is 2.55. The number of halogens is 1. The molecule has 1 N–H and O–H groups in total. The zero-order chi connectivity index (χ0) is 10.8. The Bertz CT molecular complexity index is 481. The van der Waals surface area contributed by atoms with E-state index in [2.05, 4.69) is 4.98 Å². The van der Waals surface area contributed by atoms with Crippen LogP contribution in [0.2, 0.25) is 5.15 Å². The van der Waals surface area contributed by atoms with Gasteiger partial charge in [-0.25, -0.2) is 4.98 Å². The Hall–Kier alpha value is -1.26. The zero-order valence-electron chi connectivity index (χ0n) is 8.27. The molecule has 2 aromatic heterocycles. The number of hydrogen-bond acceptors (Lipinski definition) is 3. The van der Waals surface area contributed by atoms with Crippen LogP contribution in [0.4, 0.5) is 0 Å². The summed E-state index contributed by atoms with van der Waals surface area (Å²) in [5.41, 5.74) is 0.711. The van der Waals surface area contributed by atoms with Gasteiger partial charge in [0.25, 0.3) is 0 Å². The molecule has 0 unspecified atom stereocenters. The van der Waals surface area contributed by atoms with Crippen molar-refractivity contribution in [2.45, 2.75) is 6.42 Å². The van der Waals surface area contributed by atoms with Gasteiger partial charge in [0, 0.05) is 13.5 Å². The second kappa shape index (κ2) is 4.08. The standard InChI is InChI=1S/C10H11ClN2O2/c1-15-6-5-8-12-10(11)7-3-2-4-9(14)13(7)8/h2-4,14H,5-6H2,1H3. The third-order valence-corrected chi connectivity index (χ3v) is 2.47. The van der Waals surface area contributed by atoms with Gasteiger partial charge in [0.2, 0.25) is 0 Å². The Balaban J connectivity index is 2.54. The summed E-state index contributed by atoms with van der Waals surface area (Å²) in [5, 5.41) is 10.1. The molecule has 0 fully saturated rings. The minimum absolute atomic E-state index is 0.137. The smallest absolute Gasteiger partial charge is 0.197 e. The maximum Gasteiger partial charge on any atom is 0.197 e. The van der Waals surface area contributed by atoms with Crippen LogP contribution in [-0.2, 0) is 11.2 Å². The molecule has 0 aliphatic heterocycles. The van der Waals surface area contributed by atoms with Crippen LogP contribution in [0.15, 0.2) is 18.2 Å². The van der Waals surface area contributed by atoms with E-state index >= 15 is 0 Å². The van der Waals surface area contributed by atoms with Crippen molar-refractivity contribution in [2.24, 2.45) is 0 Å². The monoisotopic (exact) mass is 226 g/mol. The van der Waals surface area contributed by atoms with Crippen molar-refractivity contribution in [2.75, 3.05) is 13.7 Å². The highest BCUT2D eigenvalue weighted by molar-refractivity contribution is 6.32. The van der Waals surface area contributed by atoms with E-state index < -0.39 is 0 Å². The summed E-state index contributed by atoms with van der Waals surface area (Å²) in [6.07, 6.45) is 0.613. The van der Waals surface area contributed by atoms with Gasteiger partial charge in [0.1, 0.15) is 5.82 Å². The first-order valence-electron chi connectivity index (χ1n) is 4.58. The zero-order valence-corrected chi connectivity index (χ0v) is 9.03. The number of aromatic hydroxyl groups is 1. The summed E-state index contributed by atoms with van der Waals surface area (Å²) in [6.45, 7) is 0.545. The molecule has 0 saturated carbocycles. The fourth-order valence-corrected chi connectivity index (χ4v) is 1.76. The van der Waals surface area contributed by atoms with E-state index in [4.69, 9.17) is 16.3 Å². The van der Waals surface area contributed by atoms with Crippen molar-refractivity contribution in [3.8, 4) is 5.88 Å². The highest BCUT2D eigenvalue weighted by atomic mass is 35.5. The second-order valence-corrected chi connectivity index (χ2v) is 3.52. The van der Waals surface area contributed by atoms with Gasteiger partial charge in [-0.2, -0.15) is 0 Å². The van der Waals surface area contributed by atoms with Crippen LogP contribution >= 0.6 is 11.6 Å². The van der Waals surface area contributed by atoms with Crippen molar-refractivity contribution in [3.63, 3.8) is 0 Å². The molecule has 0 aliphatic carbocycles. The molecule has 2 heterocycles. The van der Waals surface area contributed by atoms with Crippen LogP contribution in [0.25, 0.3) is 5.52 Å². The van der Waals surface area contributed by atoms with Gasteiger partial charge in [0.05, 0.1) is 12.1 Å². The molecule has 0 atom stereocenters. The molecule has 0 radical (unpaired) electrons. The minimum Gasteiger partial charge on any atom is -0.494 e. The van der Waals surface area contributed by atoms with Gasteiger partial charge in [-0.1, -0.05) is 17.7 Å². The highest BCUT2D eigenvalue weighted by Crippen LogP contribution is 2.23. The number of ether oxygens (including phenoxy) is 1. The Kier molecular flexibility index (Phi) is 2.79. The summed E-state index contributed by atoms with van der Waals surface area (Å²) in [4.78, 5) is 4.18. The number of methoxy groups -OCH3 is 1. The second-order valence-electron chi connectivity index (χ2n) is 3.17. The molecule has 0 saturated heterocycles. The Morgan fingerprint density at radius 3 is 3.07 bits per heavy atom. The predicted octanol–water partition coefficient (Wildman–Crippen LogP) is 1.88. The third-order valence-electron chi connectivity index (χ3n) is 2.20. The summed E-state index contributed by atoms with van der Waals surface area (Å²) < 4.78 is 6.59. The van der Waals surface area contributed by atoms with E-state index in [9.17, 15) is 5.11 Å². The van der Waals surface area contributed by atoms with Crippen LogP contribution < -0.4 is 0 Å². The first kappa shape index (κ1) is 10.3. The van der Waals surface area contributed by atoms with Crippen LogP contribution in [0.1, 0.15) is 5.82 Å². The van der Waals surface area contributed by atoms with Gasteiger partial charge < -0.3 is 9.84 Å². The molecule has 0 amide bonds. The predicted molar refractivity (Wildman–Crippen MR) is 57.4 cm³/mol. The fourth-order valence-electron chi connectivity index (χ4n) is 1.51. The number of aromatic nitrogens is 2. The highest BCUT2D eigenvalue weighted by Gasteiger charge is 2.11. The number of nitrogens with zero attached hydrogens (tertiary/aromatic N) is 2. The molecule has 2 rings (SSSR count). The van der Waals surface area contributed by atoms with Gasteiger partial charge in [-0.05, 0) is 12.1 Å². The molecule has 4 nitrogen and oxygen atoms in total. The lowest BCUT2D eigenvalue weighted by Crippen LogP contribution is -2.00. The van der Waals surface area contributed by atoms with Crippen molar-refractivity contribution >= 4 is 17.1 Å². The Morgan fingerprint density at radius 1 is 1.53 bits per heavy atom. The van der Waals surface area contributed by atoms with Gasteiger partial charge in [-0.3, -0.25) is 4.40 Å². The number of imidazole rings is 1. The van der Waals surface area contributed by atoms with E-state index in [1.165, 1.54) is 0 Å². The maximum atomic E-state index is 9.69. The largest absolute Gasteiger partial charge is 0.494 e. The van der Waals surface area contributed by atoms with Gasteiger partial charge >= 0.3 is 0 Å². The van der Waals surface area contributed by atoms with E-state index in [0.717, 1.165) is 0 Å². The first-order chi connectivity index (χ1) is 7.24. The molecule has 0 bridgehead atoms. The van der Waals surface area contributed by atoms with Crippen LogP contribution in [0.3, 0.4) is 0 Å². The van der Waals surface area contributed by atoms with Crippen molar-refractivity contribution in [3.05, 3.63) is 29.2 Å². The quantitative estimate of drug-likeness (QED) is 0.869. The lowest BCUT2D eigenvalue weighted by Gasteiger charge is -2.02. The average molecular weight is 227 g/mol. The number of fused-ring (bicyclic) bond motifs is 1. The van der Waals surface area contributed by atoms with E-state index in [1.54, 1.807) is 23.6 Å². The maximum absolute atomic E-state index is 9.69. The molecule has 2 aromatic rings. The van der Waals surface area contributed by atoms with Crippen LogP contribution in [0, 0.1) is 0 Å². The lowest BCUT2D eigenvalue weighted by molar-refractivity contribution is 0.200. The molecule has 0 aromatic carbocycles. The summed E-state index contributed by atoms with van der Waals surface area (Å²) >= 11 is 5.94. The normalized spacial score (nSPS) is 11.1. The SMILES string of the molecule is COCCc1nc(Cl)c2cccc(O)n12. The molecule has 5 heteroatoms. The van der Waals surface area contributed by atoms with Crippen molar-refractivity contribution in [1.82, 2.24) is 9.38 Å². The van der Waals surface area contributed by atoms with Gasteiger partial charge in [-0.15, -0.1) is 0 Å². The van der Waals surface area contributed by atoms with Gasteiger partial charge in [0.15, 0.2) is 11.0 Å². The summed E-state index contributed by atoms with van der Waals surface area (Å²) in [6, 6.07) is 5.14. The number of pyridine rings is 1. The van der Waals surface area contributed by atoms with E-state index in [-0.39, 0.29) is 5.88 Å². The molecule has 15 heavy (non-hydrogen) atoms. The van der Waals surface area contributed by atoms with E-state index in [1.807, 2.05) is 6.07 Å². The third kappa shape index (κ3) is 1.78. The molecule has 0 aliphatic rings. The van der Waals surface area contributed by atoms with Crippen LogP contribution in [-0.4, -0.2) is 28.2 Å². The summed E-state index contributed by atoms with van der Waals surface area (Å²) in [5.74, 6) is 0.841. The summed E-state index contributed by atoms with van der Waals surface area (Å²) in [7, 11) is 1.62. The van der Waals surface area contributed by atoms with Crippen LogP contribution in [0.5, 0.6) is 5.88 Å². The van der Waals surface area contributed by atoms with Crippen molar-refractivity contribution < 1.29 is 9.84 Å². The molecule has 0 spiro atoms. The number of rotatable bonds is 3. The fraction of sp³-hybridized carbons (Fsp3) is 0.300. The molecular weight excluding hydrogens is 216 g/mol. The lowest BCUT2D eigenvalue weighted by atomic mass is 10.4. The van der Waals surface area contributed by atoms with Crippen molar-refractivity contribution in [1.29, 1.82) is 0 Å². The first-order valence-corrected chi connectivity index (χ1v) is 4.95. The Morgan fingerprint density at radius 2 is 2.33 bits per heavy atom. The number of hydrogen-bond donors (Lipinski definition) is 1. The Labute approximate surface area is 92.1 Å². The van der Waals surface area contributed by atoms with E-state index in [0.29, 0.717) is 29.5 Å². The molecule has 80 valence electrons.